The summed E-state index contributed by atoms with van der Waals surface area (Å²) < 4.78 is 0. The number of carbonyl (C=O) groups is 3. The van der Waals surface area contributed by atoms with Gasteiger partial charge in [-0.05, 0) is 42.9 Å². The number of nitrogens with one attached hydrogen (secondary N) is 2. The lowest BCUT2D eigenvalue weighted by molar-refractivity contribution is -0.115. The van der Waals surface area contributed by atoms with Crippen LogP contribution in [0.2, 0.25) is 0 Å². The van der Waals surface area contributed by atoms with Crippen LogP contribution in [-0.2, 0) is 9.59 Å². The van der Waals surface area contributed by atoms with Crippen molar-refractivity contribution in [3.63, 3.8) is 0 Å². The molecule has 0 bridgehead atoms. The second kappa shape index (κ2) is 7.89. The molecule has 2 fully saturated rings. The van der Waals surface area contributed by atoms with Gasteiger partial charge in [0.1, 0.15) is 0 Å². The largest absolute Gasteiger partial charge is 0.338 e. The topological polar surface area (TPSA) is 78.5 Å². The van der Waals surface area contributed by atoms with Crippen LogP contribution in [0.4, 0.5) is 11.4 Å². The van der Waals surface area contributed by atoms with Crippen LogP contribution < -0.4 is 10.6 Å². The highest BCUT2D eigenvalue weighted by Gasteiger charge is 2.33. The number of likely N-dealkylation sites (tertiary alicyclic amines) is 1. The Hall–Kier alpha value is -2.37. The Morgan fingerprint density at radius 2 is 1.46 bits per heavy atom. The lowest BCUT2D eigenvalue weighted by Crippen LogP contribution is -2.44. The van der Waals surface area contributed by atoms with E-state index < -0.39 is 0 Å². The Balaban J connectivity index is 1.80. The molecule has 6 nitrogen and oxygen atoms in total. The van der Waals surface area contributed by atoms with Crippen LogP contribution in [-0.4, -0.2) is 35.7 Å². The summed E-state index contributed by atoms with van der Waals surface area (Å²) in [6.07, 6.45) is 6.14. The van der Waals surface area contributed by atoms with Crippen molar-refractivity contribution >= 4 is 29.1 Å². The molecule has 1 heterocycles. The predicted octanol–water partition coefficient (Wildman–Crippen LogP) is 3.26. The number of amides is 3. The number of nitrogens with zero attached hydrogens (tertiary/aromatic N) is 1. The van der Waals surface area contributed by atoms with E-state index in [2.05, 4.69) is 10.6 Å². The van der Waals surface area contributed by atoms with Crippen molar-refractivity contribution in [2.24, 2.45) is 11.8 Å². The summed E-state index contributed by atoms with van der Waals surface area (Å²) in [4.78, 5) is 37.8. The first-order chi connectivity index (χ1) is 12.4. The molecule has 0 aromatic heterocycles. The van der Waals surface area contributed by atoms with E-state index in [1.54, 1.807) is 18.2 Å². The number of hydrogen-bond donors (Lipinski definition) is 2. The molecule has 6 heteroatoms. The summed E-state index contributed by atoms with van der Waals surface area (Å²) in [7, 11) is 0. The maximum absolute atomic E-state index is 13.1. The van der Waals surface area contributed by atoms with Gasteiger partial charge >= 0.3 is 0 Å². The molecule has 1 saturated carbocycles. The maximum atomic E-state index is 13.1. The van der Waals surface area contributed by atoms with E-state index >= 15 is 0 Å². The minimum atomic E-state index is -0.216. The highest BCUT2D eigenvalue weighted by atomic mass is 16.2. The van der Waals surface area contributed by atoms with Crippen LogP contribution in [0, 0.1) is 11.8 Å². The molecule has 0 radical (unpaired) electrons. The molecule has 2 unspecified atom stereocenters. The Bertz CT molecular complexity index is 682. The summed E-state index contributed by atoms with van der Waals surface area (Å²) in [5.41, 5.74) is 1.52. The van der Waals surface area contributed by atoms with Crippen LogP contribution in [0.5, 0.6) is 0 Å². The molecular formula is C20H27N3O3. The van der Waals surface area contributed by atoms with E-state index in [-0.39, 0.29) is 17.7 Å². The van der Waals surface area contributed by atoms with Crippen LogP contribution in [0.1, 0.15) is 56.3 Å². The number of carbonyl (C=O) groups excluding carboxylic acids is 3. The van der Waals surface area contributed by atoms with E-state index in [9.17, 15) is 14.4 Å². The zero-order chi connectivity index (χ0) is 18.7. The molecule has 2 N–H and O–H groups in total. The van der Waals surface area contributed by atoms with Crippen molar-refractivity contribution in [1.82, 2.24) is 4.90 Å². The Labute approximate surface area is 154 Å². The summed E-state index contributed by atoms with van der Waals surface area (Å²) >= 11 is 0. The van der Waals surface area contributed by atoms with Crippen molar-refractivity contribution in [2.45, 2.75) is 46.0 Å². The third kappa shape index (κ3) is 4.42. The number of fused-ring (bicyclic) bond motifs is 1. The smallest absolute Gasteiger partial charge is 0.254 e. The second-order valence-electron chi connectivity index (χ2n) is 7.51. The number of rotatable bonds is 3. The van der Waals surface area contributed by atoms with Gasteiger partial charge in [-0.25, -0.2) is 0 Å². The van der Waals surface area contributed by atoms with Crippen molar-refractivity contribution in [2.75, 3.05) is 23.7 Å². The number of benzene rings is 1. The van der Waals surface area contributed by atoms with Gasteiger partial charge in [0.25, 0.3) is 5.91 Å². The Morgan fingerprint density at radius 1 is 0.885 bits per heavy atom. The van der Waals surface area contributed by atoms with E-state index in [4.69, 9.17) is 0 Å². The van der Waals surface area contributed by atoms with Gasteiger partial charge in [-0.2, -0.15) is 0 Å². The Morgan fingerprint density at radius 3 is 2.04 bits per heavy atom. The zero-order valence-corrected chi connectivity index (χ0v) is 15.5. The summed E-state index contributed by atoms with van der Waals surface area (Å²) in [6, 6.07) is 5.02. The lowest BCUT2D eigenvalue weighted by atomic mass is 9.75. The standard InChI is InChI=1S/C20H27N3O3/c1-13(24)21-18-9-17(10-19(11-18)22-14(2)25)20(26)23-8-7-15-5-3-4-6-16(15)12-23/h9-11,15-16H,3-8,12H2,1-2H3,(H,21,24)(H,22,25). The number of piperidine rings is 1. The predicted molar refractivity (Wildman–Crippen MR) is 101 cm³/mol. The normalized spacial score (nSPS) is 22.3. The van der Waals surface area contributed by atoms with E-state index in [1.165, 1.54) is 39.5 Å². The SMILES string of the molecule is CC(=O)Nc1cc(NC(C)=O)cc(C(=O)N2CCC3CCCCC3C2)c1. The van der Waals surface area contributed by atoms with Gasteiger partial charge in [0.15, 0.2) is 0 Å². The molecule has 1 aromatic carbocycles. The molecule has 2 atom stereocenters. The van der Waals surface area contributed by atoms with Crippen molar-refractivity contribution in [3.05, 3.63) is 23.8 Å². The van der Waals surface area contributed by atoms with Crippen LogP contribution in [0.25, 0.3) is 0 Å². The maximum Gasteiger partial charge on any atom is 0.254 e. The minimum Gasteiger partial charge on any atom is -0.338 e. The summed E-state index contributed by atoms with van der Waals surface area (Å²) in [6.45, 7) is 4.42. The Kier molecular flexibility index (Phi) is 5.59. The van der Waals surface area contributed by atoms with Gasteiger partial charge in [-0.1, -0.05) is 19.3 Å². The van der Waals surface area contributed by atoms with Crippen molar-refractivity contribution in [1.29, 1.82) is 0 Å². The van der Waals surface area contributed by atoms with Crippen molar-refractivity contribution in [3.8, 4) is 0 Å². The lowest BCUT2D eigenvalue weighted by Gasteiger charge is -2.41. The van der Waals surface area contributed by atoms with Crippen LogP contribution in [0.3, 0.4) is 0 Å². The average molecular weight is 357 g/mol. The van der Waals surface area contributed by atoms with Crippen LogP contribution in [0.15, 0.2) is 18.2 Å². The van der Waals surface area contributed by atoms with E-state index in [0.29, 0.717) is 22.9 Å². The fraction of sp³-hybridized carbons (Fsp3) is 0.550. The molecule has 3 amide bonds. The van der Waals surface area contributed by atoms with Gasteiger partial charge < -0.3 is 15.5 Å². The first-order valence-electron chi connectivity index (χ1n) is 9.42. The molecule has 26 heavy (non-hydrogen) atoms. The number of anilines is 2. The van der Waals surface area contributed by atoms with Gasteiger partial charge in [0.05, 0.1) is 0 Å². The zero-order valence-electron chi connectivity index (χ0n) is 15.5. The second-order valence-corrected chi connectivity index (χ2v) is 7.51. The molecule has 2 aliphatic rings. The van der Waals surface area contributed by atoms with Crippen LogP contribution >= 0.6 is 0 Å². The number of hydrogen-bond acceptors (Lipinski definition) is 3. The molecule has 0 spiro atoms. The highest BCUT2D eigenvalue weighted by Crippen LogP contribution is 2.36. The van der Waals surface area contributed by atoms with E-state index in [0.717, 1.165) is 25.4 Å². The fourth-order valence-electron chi connectivity index (χ4n) is 4.27. The molecule has 140 valence electrons. The summed E-state index contributed by atoms with van der Waals surface area (Å²) in [5.74, 6) is 0.897. The minimum absolute atomic E-state index is 0.0344. The monoisotopic (exact) mass is 357 g/mol. The molecule has 1 aliphatic carbocycles. The van der Waals surface area contributed by atoms with Gasteiger partial charge in [0, 0.05) is 43.9 Å². The van der Waals surface area contributed by atoms with Crippen molar-refractivity contribution < 1.29 is 14.4 Å². The molecule has 3 rings (SSSR count). The fourth-order valence-corrected chi connectivity index (χ4v) is 4.27. The van der Waals surface area contributed by atoms with Gasteiger partial charge in [-0.15, -0.1) is 0 Å². The van der Waals surface area contributed by atoms with E-state index in [1.807, 2.05) is 4.90 Å². The van der Waals surface area contributed by atoms with Gasteiger partial charge in [0.2, 0.25) is 11.8 Å². The summed E-state index contributed by atoms with van der Waals surface area (Å²) in [5, 5.41) is 5.40. The van der Waals surface area contributed by atoms with Gasteiger partial charge in [-0.3, -0.25) is 14.4 Å². The third-order valence-electron chi connectivity index (χ3n) is 5.40. The molecular weight excluding hydrogens is 330 g/mol. The third-order valence-corrected chi connectivity index (χ3v) is 5.40. The first kappa shape index (κ1) is 18.4. The molecule has 1 aromatic rings. The first-order valence-corrected chi connectivity index (χ1v) is 9.42. The molecule has 1 aliphatic heterocycles. The highest BCUT2D eigenvalue weighted by molar-refractivity contribution is 6.00. The average Bonchev–Trinajstić information content (AvgIpc) is 2.59. The molecule has 1 saturated heterocycles. The quantitative estimate of drug-likeness (QED) is 0.871.